The van der Waals surface area contributed by atoms with E-state index in [4.69, 9.17) is 6.42 Å². The minimum absolute atomic E-state index is 0.102. The van der Waals surface area contributed by atoms with Gasteiger partial charge in [-0.05, 0) is 23.8 Å². The minimum Gasteiger partial charge on any atom is -0.302 e. The quantitative estimate of drug-likeness (QED) is 0.479. The van der Waals surface area contributed by atoms with Crippen molar-refractivity contribution in [1.82, 2.24) is 5.32 Å². The molecule has 0 atom stereocenters. The number of halogens is 4. The molecule has 0 saturated carbocycles. The molecule has 1 N–H and O–H groups in total. The van der Waals surface area contributed by atoms with Crippen molar-refractivity contribution in [2.24, 2.45) is 0 Å². The van der Waals surface area contributed by atoms with E-state index in [2.05, 4.69) is 11.2 Å². The van der Waals surface area contributed by atoms with Gasteiger partial charge in [0.15, 0.2) is 0 Å². The summed E-state index contributed by atoms with van der Waals surface area (Å²) in [5.74, 6) is 1.36. The molecule has 0 radical (unpaired) electrons. The summed E-state index contributed by atoms with van der Waals surface area (Å²) >= 11 is 0. The van der Waals surface area contributed by atoms with Crippen molar-refractivity contribution in [3.63, 3.8) is 0 Å². The van der Waals surface area contributed by atoms with Crippen LogP contribution in [-0.2, 0) is 12.7 Å². The molecule has 1 aromatic carbocycles. The molecule has 0 aliphatic heterocycles. The minimum atomic E-state index is -4.54. The number of nitrogens with one attached hydrogen (secondary N) is 1. The van der Waals surface area contributed by atoms with Crippen LogP contribution < -0.4 is 5.32 Å². The maximum Gasteiger partial charge on any atom is 0.416 e. The van der Waals surface area contributed by atoms with E-state index >= 15 is 0 Å². The normalized spacial score (nSPS) is 11.2. The molecule has 0 fully saturated rings. The third kappa shape index (κ3) is 3.55. The predicted octanol–water partition coefficient (Wildman–Crippen LogP) is 2.57. The van der Waals surface area contributed by atoms with Crippen LogP contribution in [0.4, 0.5) is 17.6 Å². The van der Waals surface area contributed by atoms with E-state index in [-0.39, 0.29) is 18.7 Å². The van der Waals surface area contributed by atoms with Crippen LogP contribution in [0.5, 0.6) is 0 Å². The topological polar surface area (TPSA) is 12.0 Å². The van der Waals surface area contributed by atoms with E-state index in [9.17, 15) is 17.6 Å². The SMILES string of the molecule is C#CCNCc1cc(F)cc(C(F)(F)F)c1. The maximum absolute atomic E-state index is 12.9. The number of terminal acetylenes is 1. The Morgan fingerprint density at radius 1 is 1.25 bits per heavy atom. The molecule has 86 valence electrons. The Morgan fingerprint density at radius 2 is 1.94 bits per heavy atom. The van der Waals surface area contributed by atoms with Gasteiger partial charge >= 0.3 is 6.18 Å². The first-order valence-corrected chi connectivity index (χ1v) is 4.44. The molecule has 0 heterocycles. The van der Waals surface area contributed by atoms with Gasteiger partial charge in [-0.2, -0.15) is 13.2 Å². The van der Waals surface area contributed by atoms with Gasteiger partial charge in [0.2, 0.25) is 0 Å². The van der Waals surface area contributed by atoms with E-state index in [0.717, 1.165) is 12.1 Å². The van der Waals surface area contributed by atoms with E-state index in [1.807, 2.05) is 0 Å². The zero-order valence-electron chi connectivity index (χ0n) is 8.24. The number of rotatable bonds is 3. The Kier molecular flexibility index (Phi) is 3.91. The lowest BCUT2D eigenvalue weighted by Gasteiger charge is -2.09. The second kappa shape index (κ2) is 4.99. The van der Waals surface area contributed by atoms with Gasteiger partial charge in [0.25, 0.3) is 0 Å². The summed E-state index contributed by atoms with van der Waals surface area (Å²) in [6, 6.07) is 2.40. The Labute approximate surface area is 90.5 Å². The van der Waals surface area contributed by atoms with Gasteiger partial charge in [0.05, 0.1) is 12.1 Å². The van der Waals surface area contributed by atoms with Gasteiger partial charge in [0, 0.05) is 6.54 Å². The van der Waals surface area contributed by atoms with Crippen LogP contribution in [0, 0.1) is 18.2 Å². The highest BCUT2D eigenvalue weighted by Crippen LogP contribution is 2.30. The van der Waals surface area contributed by atoms with Crippen molar-refractivity contribution in [3.05, 3.63) is 35.1 Å². The van der Waals surface area contributed by atoms with Crippen molar-refractivity contribution in [1.29, 1.82) is 0 Å². The van der Waals surface area contributed by atoms with E-state index in [0.29, 0.717) is 6.07 Å². The molecule has 1 aromatic rings. The molecule has 0 aromatic heterocycles. The number of hydrogen-bond donors (Lipinski definition) is 1. The standard InChI is InChI=1S/C11H9F4N/c1-2-3-16-7-8-4-9(11(13,14)15)6-10(12)5-8/h1,4-6,16H,3,7H2. The molecule has 1 nitrogen and oxygen atoms in total. The first-order valence-electron chi connectivity index (χ1n) is 4.44. The van der Waals surface area contributed by atoms with E-state index in [1.54, 1.807) is 0 Å². The molecule has 0 amide bonds. The summed E-state index contributed by atoms with van der Waals surface area (Å²) in [5, 5.41) is 2.69. The lowest BCUT2D eigenvalue weighted by atomic mass is 10.1. The van der Waals surface area contributed by atoms with Gasteiger partial charge in [0.1, 0.15) is 5.82 Å². The number of benzene rings is 1. The highest BCUT2D eigenvalue weighted by atomic mass is 19.4. The zero-order valence-corrected chi connectivity index (χ0v) is 8.24. The summed E-state index contributed by atoms with van der Waals surface area (Å²) in [6.45, 7) is 0.322. The average Bonchev–Trinajstić information content (AvgIpc) is 2.16. The van der Waals surface area contributed by atoms with E-state index in [1.165, 1.54) is 0 Å². The summed E-state index contributed by atoms with van der Waals surface area (Å²) in [6.07, 6.45) is 0.416. The molecule has 0 spiro atoms. The summed E-state index contributed by atoms with van der Waals surface area (Å²) in [5.41, 5.74) is -0.785. The summed E-state index contributed by atoms with van der Waals surface area (Å²) in [7, 11) is 0. The molecule has 0 unspecified atom stereocenters. The van der Waals surface area contributed by atoms with Crippen LogP contribution in [0.2, 0.25) is 0 Å². The fourth-order valence-corrected chi connectivity index (χ4v) is 1.20. The third-order valence-electron chi connectivity index (χ3n) is 1.84. The summed E-state index contributed by atoms with van der Waals surface area (Å²) in [4.78, 5) is 0. The molecule has 0 aliphatic carbocycles. The van der Waals surface area contributed by atoms with Crippen LogP contribution in [0.3, 0.4) is 0 Å². The Bertz CT molecular complexity index is 403. The molecule has 0 aliphatic rings. The first-order chi connectivity index (χ1) is 7.43. The van der Waals surface area contributed by atoms with Crippen LogP contribution in [0.1, 0.15) is 11.1 Å². The second-order valence-electron chi connectivity index (χ2n) is 3.15. The molecular formula is C11H9F4N. The highest BCUT2D eigenvalue weighted by Gasteiger charge is 2.31. The fourth-order valence-electron chi connectivity index (χ4n) is 1.20. The maximum atomic E-state index is 12.9. The summed E-state index contributed by atoms with van der Waals surface area (Å²) < 4.78 is 49.8. The van der Waals surface area contributed by atoms with Crippen molar-refractivity contribution < 1.29 is 17.6 Å². The molecular weight excluding hydrogens is 222 g/mol. The Hall–Kier alpha value is -1.54. The second-order valence-corrected chi connectivity index (χ2v) is 3.15. The van der Waals surface area contributed by atoms with Gasteiger partial charge < -0.3 is 5.32 Å². The lowest BCUT2D eigenvalue weighted by molar-refractivity contribution is -0.137. The molecule has 16 heavy (non-hydrogen) atoms. The van der Waals surface area contributed by atoms with Gasteiger partial charge in [-0.1, -0.05) is 5.92 Å². The predicted molar refractivity (Wildman–Crippen MR) is 51.9 cm³/mol. The van der Waals surface area contributed by atoms with Crippen LogP contribution in [0.15, 0.2) is 18.2 Å². The number of alkyl halides is 3. The Balaban J connectivity index is 2.87. The van der Waals surface area contributed by atoms with Crippen molar-refractivity contribution in [2.45, 2.75) is 12.7 Å². The van der Waals surface area contributed by atoms with Gasteiger partial charge in [-0.3, -0.25) is 0 Å². The van der Waals surface area contributed by atoms with Crippen molar-refractivity contribution in [3.8, 4) is 12.3 Å². The largest absolute Gasteiger partial charge is 0.416 e. The van der Waals surface area contributed by atoms with Crippen LogP contribution >= 0.6 is 0 Å². The number of hydrogen-bond acceptors (Lipinski definition) is 1. The molecule has 1 rings (SSSR count). The van der Waals surface area contributed by atoms with Crippen molar-refractivity contribution in [2.75, 3.05) is 6.54 Å². The van der Waals surface area contributed by atoms with Crippen LogP contribution in [-0.4, -0.2) is 6.54 Å². The van der Waals surface area contributed by atoms with E-state index < -0.39 is 17.6 Å². The lowest BCUT2D eigenvalue weighted by Crippen LogP contribution is -2.14. The fraction of sp³-hybridized carbons (Fsp3) is 0.273. The zero-order chi connectivity index (χ0) is 12.2. The van der Waals surface area contributed by atoms with Crippen molar-refractivity contribution >= 4 is 0 Å². The Morgan fingerprint density at radius 3 is 2.50 bits per heavy atom. The molecule has 5 heteroatoms. The highest BCUT2D eigenvalue weighted by molar-refractivity contribution is 5.26. The third-order valence-corrected chi connectivity index (χ3v) is 1.84. The monoisotopic (exact) mass is 231 g/mol. The molecule has 0 bridgehead atoms. The van der Waals surface area contributed by atoms with Gasteiger partial charge in [-0.15, -0.1) is 6.42 Å². The first kappa shape index (κ1) is 12.5. The van der Waals surface area contributed by atoms with Crippen LogP contribution in [0.25, 0.3) is 0 Å². The average molecular weight is 231 g/mol. The molecule has 0 saturated heterocycles. The smallest absolute Gasteiger partial charge is 0.302 e. The van der Waals surface area contributed by atoms with Gasteiger partial charge in [-0.25, -0.2) is 4.39 Å².